The molecule has 2 rings (SSSR count). The number of benzene rings is 1. The molecule has 1 aliphatic heterocycles. The van der Waals surface area contributed by atoms with Crippen molar-refractivity contribution in [3.05, 3.63) is 29.3 Å². The Balaban J connectivity index is 1.74. The van der Waals surface area contributed by atoms with Crippen LogP contribution >= 0.6 is 0 Å². The second-order valence-electron chi connectivity index (χ2n) is 6.63. The van der Waals surface area contributed by atoms with Crippen molar-refractivity contribution in [3.8, 4) is 5.75 Å². The summed E-state index contributed by atoms with van der Waals surface area (Å²) in [6.07, 6.45) is -2.03. The molecule has 136 valence electrons. The van der Waals surface area contributed by atoms with Gasteiger partial charge in [0.05, 0.1) is 6.54 Å². The summed E-state index contributed by atoms with van der Waals surface area (Å²) in [6, 6.07) is 5.98. The number of aryl methyl sites for hydroxylation is 2. The Hall–Kier alpha value is -1.24. The van der Waals surface area contributed by atoms with Crippen LogP contribution in [-0.2, 0) is 0 Å². The van der Waals surface area contributed by atoms with E-state index in [9.17, 15) is 13.9 Å². The Kier molecular flexibility index (Phi) is 7.40. The highest BCUT2D eigenvalue weighted by Gasteiger charge is 2.19. The highest BCUT2D eigenvalue weighted by atomic mass is 19.3. The molecule has 24 heavy (non-hydrogen) atoms. The van der Waals surface area contributed by atoms with E-state index in [4.69, 9.17) is 4.74 Å². The van der Waals surface area contributed by atoms with Gasteiger partial charge in [-0.25, -0.2) is 8.78 Å². The SMILES string of the molecule is Cc1cc(C)cc(OCC(O)CN2CCCN(CC(F)F)CC2)c1. The standard InChI is InChI=1S/C18H28F2N2O2/c1-14-8-15(2)10-17(9-14)24-13-16(23)11-21-4-3-5-22(7-6-21)12-18(19)20/h8-10,16,18,23H,3-7,11-13H2,1-2H3. The maximum atomic E-state index is 12.5. The molecule has 1 heterocycles. The topological polar surface area (TPSA) is 35.9 Å². The number of aliphatic hydroxyl groups is 1. The summed E-state index contributed by atoms with van der Waals surface area (Å²) >= 11 is 0. The van der Waals surface area contributed by atoms with Crippen LogP contribution in [0.2, 0.25) is 0 Å². The molecular formula is C18H28F2N2O2. The van der Waals surface area contributed by atoms with Crippen molar-refractivity contribution in [2.75, 3.05) is 45.9 Å². The van der Waals surface area contributed by atoms with Gasteiger partial charge >= 0.3 is 0 Å². The number of halogens is 2. The molecule has 4 nitrogen and oxygen atoms in total. The first-order valence-electron chi connectivity index (χ1n) is 8.54. The fraction of sp³-hybridized carbons (Fsp3) is 0.667. The van der Waals surface area contributed by atoms with E-state index in [1.165, 1.54) is 0 Å². The van der Waals surface area contributed by atoms with Gasteiger partial charge in [-0.15, -0.1) is 0 Å². The van der Waals surface area contributed by atoms with Gasteiger partial charge in [-0.2, -0.15) is 0 Å². The van der Waals surface area contributed by atoms with Gasteiger partial charge in [0.15, 0.2) is 0 Å². The summed E-state index contributed by atoms with van der Waals surface area (Å²) in [5, 5.41) is 10.2. The smallest absolute Gasteiger partial charge is 0.251 e. The molecule has 1 fully saturated rings. The molecule has 1 unspecified atom stereocenters. The molecule has 1 aromatic carbocycles. The van der Waals surface area contributed by atoms with E-state index in [0.717, 1.165) is 29.8 Å². The van der Waals surface area contributed by atoms with E-state index in [2.05, 4.69) is 11.0 Å². The lowest BCUT2D eigenvalue weighted by atomic mass is 10.1. The molecule has 0 amide bonds. The van der Waals surface area contributed by atoms with E-state index in [-0.39, 0.29) is 13.2 Å². The third-order valence-corrected chi connectivity index (χ3v) is 4.18. The van der Waals surface area contributed by atoms with E-state index in [0.29, 0.717) is 26.2 Å². The van der Waals surface area contributed by atoms with E-state index in [1.807, 2.05) is 26.0 Å². The van der Waals surface area contributed by atoms with Crippen LogP contribution in [0.3, 0.4) is 0 Å². The second-order valence-corrected chi connectivity index (χ2v) is 6.63. The minimum atomic E-state index is -2.28. The van der Waals surface area contributed by atoms with Crippen LogP contribution in [0.1, 0.15) is 17.5 Å². The van der Waals surface area contributed by atoms with Gasteiger partial charge in [0.1, 0.15) is 18.5 Å². The Morgan fingerprint density at radius 1 is 1.00 bits per heavy atom. The van der Waals surface area contributed by atoms with Crippen LogP contribution in [0.25, 0.3) is 0 Å². The molecule has 1 saturated heterocycles. The molecular weight excluding hydrogens is 314 g/mol. The summed E-state index contributed by atoms with van der Waals surface area (Å²) in [6.45, 7) is 7.44. The van der Waals surface area contributed by atoms with Gasteiger partial charge in [0.2, 0.25) is 0 Å². The van der Waals surface area contributed by atoms with Crippen LogP contribution in [0, 0.1) is 13.8 Å². The fourth-order valence-corrected chi connectivity index (χ4v) is 3.14. The highest BCUT2D eigenvalue weighted by Crippen LogP contribution is 2.16. The molecule has 0 bridgehead atoms. The quantitative estimate of drug-likeness (QED) is 0.825. The second kappa shape index (κ2) is 9.30. The number of β-amino-alcohol motifs (C(OH)–C–C–N with tert-alkyl or cyclic N) is 1. The molecule has 0 aliphatic carbocycles. The fourth-order valence-electron chi connectivity index (χ4n) is 3.14. The molecule has 0 saturated carbocycles. The molecule has 6 heteroatoms. The van der Waals surface area contributed by atoms with Crippen molar-refractivity contribution in [1.82, 2.24) is 9.80 Å². The Morgan fingerprint density at radius 3 is 2.17 bits per heavy atom. The monoisotopic (exact) mass is 342 g/mol. The average molecular weight is 342 g/mol. The van der Waals surface area contributed by atoms with Gasteiger partial charge in [-0.3, -0.25) is 9.80 Å². The number of alkyl halides is 2. The third-order valence-electron chi connectivity index (χ3n) is 4.18. The maximum Gasteiger partial charge on any atom is 0.251 e. The minimum absolute atomic E-state index is 0.161. The van der Waals surface area contributed by atoms with Gasteiger partial charge in [0.25, 0.3) is 6.43 Å². The zero-order valence-electron chi connectivity index (χ0n) is 14.5. The maximum absolute atomic E-state index is 12.5. The summed E-state index contributed by atoms with van der Waals surface area (Å²) in [4.78, 5) is 3.92. The van der Waals surface area contributed by atoms with Crippen molar-refractivity contribution in [2.24, 2.45) is 0 Å². The first-order valence-corrected chi connectivity index (χ1v) is 8.54. The Morgan fingerprint density at radius 2 is 1.58 bits per heavy atom. The zero-order chi connectivity index (χ0) is 17.5. The van der Waals surface area contributed by atoms with Crippen LogP contribution in [0.4, 0.5) is 8.78 Å². The lowest BCUT2D eigenvalue weighted by Crippen LogP contribution is -2.38. The Bertz CT molecular complexity index is 494. The van der Waals surface area contributed by atoms with E-state index < -0.39 is 12.5 Å². The van der Waals surface area contributed by atoms with E-state index >= 15 is 0 Å². The summed E-state index contributed by atoms with van der Waals surface area (Å²) < 4.78 is 30.6. The predicted molar refractivity (Wildman–Crippen MR) is 90.9 cm³/mol. The van der Waals surface area contributed by atoms with E-state index in [1.54, 1.807) is 4.90 Å². The number of aliphatic hydroxyl groups excluding tert-OH is 1. The van der Waals surface area contributed by atoms with Gasteiger partial charge < -0.3 is 9.84 Å². The van der Waals surface area contributed by atoms with Crippen LogP contribution < -0.4 is 4.74 Å². The molecule has 1 aromatic rings. The number of hydrogen-bond donors (Lipinski definition) is 1. The van der Waals surface area contributed by atoms with Gasteiger partial charge in [-0.05, 0) is 56.6 Å². The predicted octanol–water partition coefficient (Wildman–Crippen LogP) is 2.32. The average Bonchev–Trinajstić information content (AvgIpc) is 2.69. The summed E-state index contributed by atoms with van der Waals surface area (Å²) in [5.41, 5.74) is 2.26. The first-order chi connectivity index (χ1) is 11.4. The third kappa shape index (κ3) is 6.71. The largest absolute Gasteiger partial charge is 0.491 e. The molecule has 1 aliphatic rings. The van der Waals surface area contributed by atoms with Crippen LogP contribution in [-0.4, -0.2) is 73.3 Å². The zero-order valence-corrected chi connectivity index (χ0v) is 14.5. The summed E-state index contributed by atoms with van der Waals surface area (Å²) in [5.74, 6) is 0.769. The molecule has 0 spiro atoms. The number of nitrogens with zero attached hydrogens (tertiary/aromatic N) is 2. The molecule has 1 atom stereocenters. The molecule has 1 N–H and O–H groups in total. The summed E-state index contributed by atoms with van der Waals surface area (Å²) in [7, 11) is 0. The van der Waals surface area contributed by atoms with Crippen molar-refractivity contribution in [2.45, 2.75) is 32.8 Å². The van der Waals surface area contributed by atoms with Crippen molar-refractivity contribution >= 4 is 0 Å². The van der Waals surface area contributed by atoms with Crippen molar-refractivity contribution in [3.63, 3.8) is 0 Å². The van der Waals surface area contributed by atoms with Crippen LogP contribution in [0.5, 0.6) is 5.75 Å². The van der Waals surface area contributed by atoms with Crippen molar-refractivity contribution < 1.29 is 18.6 Å². The van der Waals surface area contributed by atoms with Gasteiger partial charge in [-0.1, -0.05) is 6.07 Å². The van der Waals surface area contributed by atoms with Gasteiger partial charge in [0, 0.05) is 19.6 Å². The number of ether oxygens (including phenoxy) is 1. The molecule has 0 radical (unpaired) electrons. The van der Waals surface area contributed by atoms with Crippen LogP contribution in [0.15, 0.2) is 18.2 Å². The molecule has 0 aromatic heterocycles. The highest BCUT2D eigenvalue weighted by molar-refractivity contribution is 5.32. The minimum Gasteiger partial charge on any atom is -0.491 e. The number of rotatable bonds is 7. The first kappa shape index (κ1) is 19.1. The lowest BCUT2D eigenvalue weighted by Gasteiger charge is -2.24. The normalized spacial score (nSPS) is 18.6. The number of hydrogen-bond acceptors (Lipinski definition) is 4. The lowest BCUT2D eigenvalue weighted by molar-refractivity contribution is 0.0662. The van der Waals surface area contributed by atoms with Crippen molar-refractivity contribution in [1.29, 1.82) is 0 Å². The Labute approximate surface area is 143 Å².